The van der Waals surface area contributed by atoms with E-state index in [2.05, 4.69) is 46.8 Å². The number of rotatable bonds is 73. The molecule has 0 aromatic heterocycles. The van der Waals surface area contributed by atoms with Crippen LogP contribution in [-0.2, 0) is 70.7 Å². The van der Waals surface area contributed by atoms with E-state index in [4.69, 9.17) is 46.9 Å². The molecular weight excluding hydrogens is 1490 g/mol. The molecule has 2 aliphatic heterocycles. The Morgan fingerprint density at radius 2 is 0.711 bits per heavy atom. The SMILES string of the molecule is CCCCCCCC/C=C\CCCCCC(=O)OC(COC(=O)CCCCCCCCC(C)CCCCCCCC)COP(=O)(O)OC1C(OC2OC(CO)C(O)C(O)C2O)C(O)C(O)C(OC(=O)CCCCCCCCCCCCCCC)C1OC1OC(COC(=O)CCCCCCCCCCCCCCC)C(O)C(O)C1O. The summed E-state index contributed by atoms with van der Waals surface area (Å²) < 4.78 is 73.3. The number of aliphatic hydroxyl groups is 9. The van der Waals surface area contributed by atoms with Gasteiger partial charge in [-0.2, -0.15) is 0 Å². The zero-order valence-electron chi connectivity index (χ0n) is 71.3. The Hall–Kier alpha value is -2.79. The maximum Gasteiger partial charge on any atom is 0.472 e. The van der Waals surface area contributed by atoms with Gasteiger partial charge in [0, 0.05) is 25.7 Å². The molecule has 3 fully saturated rings. The van der Waals surface area contributed by atoms with Gasteiger partial charge in [-0.3, -0.25) is 28.2 Å². The Kier molecular flexibility index (Phi) is 61.8. The van der Waals surface area contributed by atoms with Crippen molar-refractivity contribution in [2.75, 3.05) is 26.4 Å². The van der Waals surface area contributed by atoms with Crippen LogP contribution in [0.1, 0.15) is 388 Å². The first kappa shape index (κ1) is 105. The summed E-state index contributed by atoms with van der Waals surface area (Å²) in [6.45, 7) is 7.89. The predicted octanol–water partition coefficient (Wildman–Crippen LogP) is 16.2. The molecule has 3 aliphatic rings. The van der Waals surface area contributed by atoms with Gasteiger partial charge in [-0.1, -0.05) is 323 Å². The molecule has 2 saturated heterocycles. The van der Waals surface area contributed by atoms with E-state index >= 15 is 0 Å². The lowest BCUT2D eigenvalue weighted by Gasteiger charge is -2.50. The highest BCUT2D eigenvalue weighted by atomic mass is 31.2. The van der Waals surface area contributed by atoms with Crippen LogP contribution in [0.3, 0.4) is 0 Å². The summed E-state index contributed by atoms with van der Waals surface area (Å²) in [7, 11) is -5.81. The van der Waals surface area contributed by atoms with Crippen molar-refractivity contribution in [3.63, 3.8) is 0 Å². The van der Waals surface area contributed by atoms with Crippen LogP contribution in [0, 0.1) is 5.92 Å². The molecule has 0 aromatic carbocycles. The number of unbranched alkanes of at least 4 members (excludes halogenated alkanes) is 43. The molecule has 26 heteroatoms. The van der Waals surface area contributed by atoms with Crippen molar-refractivity contribution >= 4 is 31.7 Å². The van der Waals surface area contributed by atoms with Gasteiger partial charge in [0.1, 0.15) is 92.6 Å². The number of phosphoric acid groups is 1. The smallest absolute Gasteiger partial charge is 0.463 e. The molecule has 1 aliphatic carbocycles. The fraction of sp³-hybridized carbons (Fsp3) is 0.932. The molecule has 1 saturated carbocycles. The largest absolute Gasteiger partial charge is 0.472 e. The average Bonchev–Trinajstić information content (AvgIpc) is 0.754. The van der Waals surface area contributed by atoms with Gasteiger partial charge in [0.15, 0.2) is 24.8 Å². The van der Waals surface area contributed by atoms with Crippen LogP contribution >= 0.6 is 7.82 Å². The summed E-state index contributed by atoms with van der Waals surface area (Å²) in [6, 6.07) is 0. The van der Waals surface area contributed by atoms with Gasteiger partial charge in [-0.05, 0) is 57.3 Å². The van der Waals surface area contributed by atoms with E-state index in [0.717, 1.165) is 122 Å². The van der Waals surface area contributed by atoms with Crippen LogP contribution in [0.25, 0.3) is 0 Å². The molecule has 0 spiro atoms. The first-order chi connectivity index (χ1) is 55.1. The maximum atomic E-state index is 14.9. The first-order valence-electron chi connectivity index (χ1n) is 45.8. The van der Waals surface area contributed by atoms with Crippen molar-refractivity contribution in [3.05, 3.63) is 12.2 Å². The Balaban J connectivity index is 1.93. The van der Waals surface area contributed by atoms with Crippen molar-refractivity contribution in [1.82, 2.24) is 0 Å². The third-order valence-electron chi connectivity index (χ3n) is 22.7. The van der Waals surface area contributed by atoms with Crippen LogP contribution in [0.5, 0.6) is 0 Å². The molecule has 114 heavy (non-hydrogen) atoms. The van der Waals surface area contributed by atoms with Gasteiger partial charge in [-0.15, -0.1) is 0 Å². The van der Waals surface area contributed by atoms with Crippen molar-refractivity contribution in [2.45, 2.75) is 492 Å². The van der Waals surface area contributed by atoms with Crippen LogP contribution in [-0.4, -0.2) is 205 Å². The average molecular weight is 1650 g/mol. The number of aliphatic hydroxyl groups excluding tert-OH is 9. The van der Waals surface area contributed by atoms with Gasteiger partial charge in [0.2, 0.25) is 0 Å². The predicted molar refractivity (Wildman–Crippen MR) is 439 cm³/mol. The molecule has 0 aromatic rings. The maximum absolute atomic E-state index is 14.9. The lowest BCUT2D eigenvalue weighted by molar-refractivity contribution is -0.360. The first-order valence-corrected chi connectivity index (χ1v) is 47.3. The van der Waals surface area contributed by atoms with E-state index in [9.17, 15) is 74.6 Å². The standard InChI is InChI=1S/C88H163O25P/c1-6-10-14-18-22-25-28-31-34-37-40-47-54-60-72(91)105-66-70-76(95)78(97)82(101)88(109-70)112-85-83(110-74(93)62-56-50-42-39-36-33-30-27-24-20-16-12-8-3)79(98)80(99)84(111-87-81(100)77(96)75(94)69(63-89)108-87)86(85)113-114(102,103)106-65-68(107-73(92)61-55-49-41-38-35-32-29-26-23-19-15-11-7-2)64-104-71(90)59-53-48-44-43-46-52-58-67(5)57-51-45-21-17-13-9-4/h32,35,67-70,75-89,94-101H,6-31,33-34,36-66H2,1-5H3,(H,102,103)/b35-32-. The monoisotopic (exact) mass is 1650 g/mol. The third kappa shape index (κ3) is 47.4. The van der Waals surface area contributed by atoms with E-state index in [1.54, 1.807) is 0 Å². The number of phosphoric ester groups is 1. The summed E-state index contributed by atoms with van der Waals surface area (Å²) in [4.78, 5) is 66.4. The second-order valence-corrected chi connectivity index (χ2v) is 34.5. The summed E-state index contributed by atoms with van der Waals surface area (Å²) in [5, 5.41) is 102. The molecule has 670 valence electrons. The summed E-state index contributed by atoms with van der Waals surface area (Å²) >= 11 is 0. The molecule has 0 bridgehead atoms. The summed E-state index contributed by atoms with van der Waals surface area (Å²) in [6.07, 6.45) is 22.4. The summed E-state index contributed by atoms with van der Waals surface area (Å²) in [5.74, 6) is -2.29. The Bertz CT molecular complexity index is 2440. The van der Waals surface area contributed by atoms with E-state index in [-0.39, 0.29) is 25.7 Å². The van der Waals surface area contributed by atoms with Crippen LogP contribution in [0.15, 0.2) is 12.2 Å². The Labute approximate surface area is 686 Å². The van der Waals surface area contributed by atoms with E-state index < -0.39 is 162 Å². The van der Waals surface area contributed by atoms with E-state index in [0.29, 0.717) is 44.4 Å². The zero-order valence-corrected chi connectivity index (χ0v) is 72.2. The number of allylic oxidation sites excluding steroid dienone is 2. The minimum Gasteiger partial charge on any atom is -0.463 e. The number of hydrogen-bond donors (Lipinski definition) is 10. The van der Waals surface area contributed by atoms with Crippen molar-refractivity contribution < 1.29 is 122 Å². The quantitative estimate of drug-likeness (QED) is 0.00889. The molecule has 19 atom stereocenters. The third-order valence-corrected chi connectivity index (χ3v) is 23.7. The van der Waals surface area contributed by atoms with E-state index in [1.807, 2.05) is 0 Å². The lowest BCUT2D eigenvalue weighted by Crippen LogP contribution is -2.70. The lowest BCUT2D eigenvalue weighted by atomic mass is 9.84. The molecule has 25 nitrogen and oxygen atoms in total. The van der Waals surface area contributed by atoms with Crippen molar-refractivity contribution in [1.29, 1.82) is 0 Å². The van der Waals surface area contributed by atoms with Crippen LogP contribution in [0.4, 0.5) is 0 Å². The second-order valence-electron chi connectivity index (χ2n) is 33.1. The minimum atomic E-state index is -5.81. The number of hydrogen-bond acceptors (Lipinski definition) is 24. The molecule has 0 amide bonds. The Morgan fingerprint density at radius 1 is 0.368 bits per heavy atom. The number of esters is 4. The molecule has 3 rings (SSSR count). The molecule has 2 heterocycles. The highest BCUT2D eigenvalue weighted by Gasteiger charge is 2.60. The molecule has 19 unspecified atom stereocenters. The highest BCUT2D eigenvalue weighted by Crippen LogP contribution is 2.49. The van der Waals surface area contributed by atoms with Gasteiger partial charge >= 0.3 is 31.7 Å². The highest BCUT2D eigenvalue weighted by molar-refractivity contribution is 7.47. The normalized spacial score (nSPS) is 25.7. The van der Waals surface area contributed by atoms with Gasteiger partial charge in [0.05, 0.1) is 13.2 Å². The number of carbonyl (C=O) groups excluding carboxylic acids is 4. The van der Waals surface area contributed by atoms with Gasteiger partial charge in [0.25, 0.3) is 0 Å². The number of carbonyl (C=O) groups is 4. The van der Waals surface area contributed by atoms with Crippen LogP contribution in [0.2, 0.25) is 0 Å². The molecule has 0 radical (unpaired) electrons. The zero-order chi connectivity index (χ0) is 83.4. The Morgan fingerprint density at radius 3 is 1.14 bits per heavy atom. The van der Waals surface area contributed by atoms with Crippen molar-refractivity contribution in [2.24, 2.45) is 5.92 Å². The topological polar surface area (TPSA) is 380 Å². The summed E-state index contributed by atoms with van der Waals surface area (Å²) in [5.41, 5.74) is 0. The van der Waals surface area contributed by atoms with Gasteiger partial charge in [-0.25, -0.2) is 4.57 Å². The van der Waals surface area contributed by atoms with Gasteiger partial charge < -0.3 is 88.7 Å². The fourth-order valence-corrected chi connectivity index (χ4v) is 16.2. The molecular formula is C88H163O25P. The minimum absolute atomic E-state index is 0.0175. The molecule has 10 N–H and O–H groups in total. The van der Waals surface area contributed by atoms with Crippen LogP contribution < -0.4 is 0 Å². The fourth-order valence-electron chi connectivity index (χ4n) is 15.3. The van der Waals surface area contributed by atoms with Crippen molar-refractivity contribution in [3.8, 4) is 0 Å². The van der Waals surface area contributed by atoms with E-state index in [1.165, 1.54) is 167 Å². The second kappa shape index (κ2) is 66.9. The number of ether oxygens (including phenoxy) is 8.